The van der Waals surface area contributed by atoms with Gasteiger partial charge in [-0.1, -0.05) is 0 Å². The molecule has 1 aromatic rings. The molecule has 1 heterocycles. The lowest BCUT2D eigenvalue weighted by molar-refractivity contribution is 0.190. The van der Waals surface area contributed by atoms with E-state index in [4.69, 9.17) is 4.74 Å². The first-order valence-corrected chi connectivity index (χ1v) is 4.89. The van der Waals surface area contributed by atoms with Crippen LogP contribution in [0.1, 0.15) is 19.8 Å². The van der Waals surface area contributed by atoms with E-state index < -0.39 is 0 Å². The van der Waals surface area contributed by atoms with Crippen LogP contribution >= 0.6 is 0 Å². The van der Waals surface area contributed by atoms with Crippen molar-refractivity contribution in [3.8, 4) is 6.01 Å². The normalized spacial score (nSPS) is 12.8. The van der Waals surface area contributed by atoms with Crippen molar-refractivity contribution in [2.45, 2.75) is 25.9 Å². The topological polar surface area (TPSA) is 52.0 Å². The number of rotatable bonds is 6. The summed E-state index contributed by atoms with van der Waals surface area (Å²) in [6.45, 7) is 3.05. The summed E-state index contributed by atoms with van der Waals surface area (Å²) in [7, 11) is 3.78. The molecule has 0 amide bonds. The molecule has 0 fully saturated rings. The lowest BCUT2D eigenvalue weighted by Crippen LogP contribution is -2.16. The highest BCUT2D eigenvalue weighted by atomic mass is 16.5. The lowest BCUT2D eigenvalue weighted by atomic mass is 10.2. The van der Waals surface area contributed by atoms with Crippen molar-refractivity contribution in [3.05, 3.63) is 6.33 Å². The molecule has 0 aliphatic rings. The van der Waals surface area contributed by atoms with Gasteiger partial charge in [-0.05, 0) is 33.4 Å². The van der Waals surface area contributed by atoms with Gasteiger partial charge in [0.2, 0.25) is 0 Å². The zero-order valence-corrected chi connectivity index (χ0v) is 9.03. The van der Waals surface area contributed by atoms with Gasteiger partial charge in [-0.25, -0.2) is 0 Å². The summed E-state index contributed by atoms with van der Waals surface area (Å²) in [4.78, 5) is 4.00. The van der Waals surface area contributed by atoms with Crippen molar-refractivity contribution >= 4 is 0 Å². The van der Waals surface area contributed by atoms with Crippen molar-refractivity contribution in [2.75, 3.05) is 13.6 Å². The Kier molecular flexibility index (Phi) is 4.39. The number of hydrogen-bond donors (Lipinski definition) is 1. The predicted octanol–water partition coefficient (Wildman–Crippen LogP) is 0.582. The minimum Gasteiger partial charge on any atom is -0.459 e. The van der Waals surface area contributed by atoms with Crippen LogP contribution in [0.15, 0.2) is 6.33 Å². The van der Waals surface area contributed by atoms with Gasteiger partial charge >= 0.3 is 6.01 Å². The fourth-order valence-corrected chi connectivity index (χ4v) is 1.18. The van der Waals surface area contributed by atoms with Gasteiger partial charge < -0.3 is 10.1 Å². The van der Waals surface area contributed by atoms with Crippen molar-refractivity contribution in [3.63, 3.8) is 0 Å². The Morgan fingerprint density at radius 3 is 3.00 bits per heavy atom. The number of nitrogens with zero attached hydrogens (tertiary/aromatic N) is 3. The molecule has 0 bridgehead atoms. The monoisotopic (exact) mass is 198 g/mol. The van der Waals surface area contributed by atoms with E-state index in [1.165, 1.54) is 0 Å². The third kappa shape index (κ3) is 3.74. The second-order valence-electron chi connectivity index (χ2n) is 3.38. The number of aryl methyl sites for hydroxylation is 1. The SMILES string of the molecule is CNCCCC(C)Oc1ncn(C)n1. The van der Waals surface area contributed by atoms with E-state index >= 15 is 0 Å². The average molecular weight is 198 g/mol. The van der Waals surface area contributed by atoms with Crippen molar-refractivity contribution < 1.29 is 4.74 Å². The van der Waals surface area contributed by atoms with Gasteiger partial charge in [0, 0.05) is 7.05 Å². The summed E-state index contributed by atoms with van der Waals surface area (Å²) in [6.07, 6.45) is 3.92. The highest BCUT2D eigenvalue weighted by Crippen LogP contribution is 2.06. The molecule has 0 saturated heterocycles. The van der Waals surface area contributed by atoms with Crippen LogP contribution in [0.3, 0.4) is 0 Å². The van der Waals surface area contributed by atoms with Crippen molar-refractivity contribution in [1.29, 1.82) is 0 Å². The van der Waals surface area contributed by atoms with E-state index in [2.05, 4.69) is 15.4 Å². The molecule has 0 saturated carbocycles. The average Bonchev–Trinajstić information content (AvgIpc) is 2.52. The molecule has 0 aliphatic carbocycles. The van der Waals surface area contributed by atoms with Gasteiger partial charge in [-0.15, -0.1) is 5.10 Å². The molecular weight excluding hydrogens is 180 g/mol. The first-order valence-electron chi connectivity index (χ1n) is 4.89. The van der Waals surface area contributed by atoms with Crippen molar-refractivity contribution in [2.24, 2.45) is 7.05 Å². The number of nitrogens with one attached hydrogen (secondary N) is 1. The third-order valence-electron chi connectivity index (χ3n) is 1.92. The van der Waals surface area contributed by atoms with Gasteiger partial charge in [0.1, 0.15) is 6.33 Å². The van der Waals surface area contributed by atoms with Crippen LogP contribution in [0.25, 0.3) is 0 Å². The zero-order valence-electron chi connectivity index (χ0n) is 9.03. The second kappa shape index (κ2) is 5.59. The minimum atomic E-state index is 0.172. The number of ether oxygens (including phenoxy) is 1. The van der Waals surface area contributed by atoms with Gasteiger partial charge in [0.25, 0.3) is 0 Å². The van der Waals surface area contributed by atoms with E-state index in [1.807, 2.05) is 21.0 Å². The van der Waals surface area contributed by atoms with E-state index in [9.17, 15) is 0 Å². The Labute approximate surface area is 84.5 Å². The molecule has 1 rings (SSSR count). The summed E-state index contributed by atoms with van der Waals surface area (Å²) in [5.41, 5.74) is 0. The molecule has 14 heavy (non-hydrogen) atoms. The van der Waals surface area contributed by atoms with Gasteiger partial charge in [-0.2, -0.15) is 4.98 Å². The molecule has 5 heteroatoms. The van der Waals surface area contributed by atoms with Crippen LogP contribution in [0.2, 0.25) is 0 Å². The Morgan fingerprint density at radius 2 is 2.43 bits per heavy atom. The van der Waals surface area contributed by atoms with Crippen LogP contribution in [0.4, 0.5) is 0 Å². The summed E-state index contributed by atoms with van der Waals surface area (Å²) in [6, 6.07) is 0.462. The van der Waals surface area contributed by atoms with E-state index in [-0.39, 0.29) is 6.10 Å². The third-order valence-corrected chi connectivity index (χ3v) is 1.92. The Bertz CT molecular complexity index is 261. The van der Waals surface area contributed by atoms with Crippen LogP contribution in [-0.4, -0.2) is 34.5 Å². The molecule has 80 valence electrons. The summed E-state index contributed by atoms with van der Waals surface area (Å²) in [5, 5.41) is 7.15. The smallest absolute Gasteiger partial charge is 0.335 e. The Hall–Kier alpha value is -1.10. The highest BCUT2D eigenvalue weighted by molar-refractivity contribution is 4.87. The molecule has 1 unspecified atom stereocenters. The van der Waals surface area contributed by atoms with Crippen LogP contribution in [-0.2, 0) is 7.05 Å². The molecule has 0 aliphatic heterocycles. The molecule has 1 N–H and O–H groups in total. The first-order chi connectivity index (χ1) is 6.72. The molecule has 5 nitrogen and oxygen atoms in total. The van der Waals surface area contributed by atoms with Crippen LogP contribution < -0.4 is 10.1 Å². The molecule has 0 aromatic carbocycles. The molecule has 1 aromatic heterocycles. The zero-order chi connectivity index (χ0) is 10.4. The molecule has 0 radical (unpaired) electrons. The molecular formula is C9H18N4O. The highest BCUT2D eigenvalue weighted by Gasteiger charge is 2.06. The largest absolute Gasteiger partial charge is 0.459 e. The standard InChI is InChI=1S/C9H18N4O/c1-8(5-4-6-10-2)14-9-11-7-13(3)12-9/h7-8,10H,4-6H2,1-3H3. The number of aromatic nitrogens is 3. The maximum Gasteiger partial charge on any atom is 0.335 e. The van der Waals surface area contributed by atoms with E-state index in [1.54, 1.807) is 11.0 Å². The quantitative estimate of drug-likeness (QED) is 0.679. The molecule has 1 atom stereocenters. The second-order valence-corrected chi connectivity index (χ2v) is 3.38. The Balaban J connectivity index is 2.23. The van der Waals surface area contributed by atoms with E-state index in [0.717, 1.165) is 19.4 Å². The fourth-order valence-electron chi connectivity index (χ4n) is 1.18. The van der Waals surface area contributed by atoms with Gasteiger partial charge in [0.15, 0.2) is 0 Å². The maximum atomic E-state index is 5.51. The lowest BCUT2D eigenvalue weighted by Gasteiger charge is -2.10. The first kappa shape index (κ1) is 11.0. The maximum absolute atomic E-state index is 5.51. The predicted molar refractivity (Wildman–Crippen MR) is 54.3 cm³/mol. The minimum absolute atomic E-state index is 0.172. The number of hydrogen-bond acceptors (Lipinski definition) is 4. The molecule has 0 spiro atoms. The summed E-state index contributed by atoms with van der Waals surface area (Å²) < 4.78 is 7.15. The van der Waals surface area contributed by atoms with Crippen LogP contribution in [0, 0.1) is 0 Å². The summed E-state index contributed by atoms with van der Waals surface area (Å²) in [5.74, 6) is 0. The van der Waals surface area contributed by atoms with Crippen LogP contribution in [0.5, 0.6) is 6.01 Å². The fraction of sp³-hybridized carbons (Fsp3) is 0.778. The van der Waals surface area contributed by atoms with Gasteiger partial charge in [-0.3, -0.25) is 4.68 Å². The van der Waals surface area contributed by atoms with Crippen molar-refractivity contribution in [1.82, 2.24) is 20.1 Å². The summed E-state index contributed by atoms with van der Waals surface area (Å²) >= 11 is 0. The van der Waals surface area contributed by atoms with Gasteiger partial charge in [0.05, 0.1) is 6.10 Å². The Morgan fingerprint density at radius 1 is 1.64 bits per heavy atom. The van der Waals surface area contributed by atoms with E-state index in [0.29, 0.717) is 6.01 Å².